The molecule has 66 valence electrons. The molecular formula is C8H12ClN3. The Hall–Kier alpha value is -0.800. The standard InChI is InChI=1S/C8H11N3.ClH/c9-7-2-1-5-4-11-8(10)3-6(5)7;/h3-4,7H,1-2,9H2,(H2,10,11);1H. The van der Waals surface area contributed by atoms with E-state index < -0.39 is 0 Å². The predicted octanol–water partition coefficient (Wildman–Crippen LogP) is 1.03. The fourth-order valence-electron chi connectivity index (χ4n) is 1.54. The Labute approximate surface area is 77.6 Å². The maximum Gasteiger partial charge on any atom is 0.123 e. The molecular weight excluding hydrogens is 174 g/mol. The molecule has 1 heterocycles. The average molecular weight is 186 g/mol. The van der Waals surface area contributed by atoms with Gasteiger partial charge >= 0.3 is 0 Å². The van der Waals surface area contributed by atoms with Gasteiger partial charge in [-0.3, -0.25) is 0 Å². The van der Waals surface area contributed by atoms with Gasteiger partial charge in [-0.15, -0.1) is 12.4 Å². The Morgan fingerprint density at radius 3 is 3.00 bits per heavy atom. The molecule has 1 aromatic heterocycles. The van der Waals surface area contributed by atoms with Crippen molar-refractivity contribution >= 4 is 18.2 Å². The summed E-state index contributed by atoms with van der Waals surface area (Å²) in [6.07, 6.45) is 3.90. The minimum atomic E-state index is 0. The lowest BCUT2D eigenvalue weighted by atomic mass is 10.1. The number of halogens is 1. The van der Waals surface area contributed by atoms with Crippen LogP contribution in [0.15, 0.2) is 12.3 Å². The third-order valence-corrected chi connectivity index (χ3v) is 2.17. The van der Waals surface area contributed by atoms with Crippen LogP contribution in [0.4, 0.5) is 5.82 Å². The highest BCUT2D eigenvalue weighted by Gasteiger charge is 2.18. The largest absolute Gasteiger partial charge is 0.384 e. The van der Waals surface area contributed by atoms with Crippen LogP contribution in [0.25, 0.3) is 0 Å². The average Bonchev–Trinajstić information content (AvgIpc) is 2.33. The van der Waals surface area contributed by atoms with Gasteiger partial charge in [0.1, 0.15) is 5.82 Å². The van der Waals surface area contributed by atoms with E-state index in [1.54, 1.807) is 0 Å². The number of nitrogens with two attached hydrogens (primary N) is 2. The molecule has 1 aliphatic carbocycles. The van der Waals surface area contributed by atoms with Crippen molar-refractivity contribution in [3.05, 3.63) is 23.4 Å². The molecule has 0 aromatic carbocycles. The van der Waals surface area contributed by atoms with Gasteiger partial charge in [0.25, 0.3) is 0 Å². The van der Waals surface area contributed by atoms with Gasteiger partial charge < -0.3 is 11.5 Å². The Bertz CT molecular complexity index is 288. The molecule has 0 amide bonds. The molecule has 0 fully saturated rings. The molecule has 12 heavy (non-hydrogen) atoms. The first-order chi connectivity index (χ1) is 5.27. The van der Waals surface area contributed by atoms with Gasteiger partial charge in [0.2, 0.25) is 0 Å². The van der Waals surface area contributed by atoms with Crippen LogP contribution in [0.3, 0.4) is 0 Å². The summed E-state index contributed by atoms with van der Waals surface area (Å²) in [7, 11) is 0. The summed E-state index contributed by atoms with van der Waals surface area (Å²) < 4.78 is 0. The van der Waals surface area contributed by atoms with Crippen molar-refractivity contribution in [1.29, 1.82) is 0 Å². The fraction of sp³-hybridized carbons (Fsp3) is 0.375. The van der Waals surface area contributed by atoms with E-state index >= 15 is 0 Å². The highest BCUT2D eigenvalue weighted by atomic mass is 35.5. The lowest BCUT2D eigenvalue weighted by Crippen LogP contribution is -2.05. The van der Waals surface area contributed by atoms with Gasteiger partial charge in [0, 0.05) is 12.2 Å². The number of anilines is 1. The van der Waals surface area contributed by atoms with E-state index in [2.05, 4.69) is 4.98 Å². The van der Waals surface area contributed by atoms with Crippen LogP contribution in [0, 0.1) is 0 Å². The van der Waals surface area contributed by atoms with Gasteiger partial charge in [-0.2, -0.15) is 0 Å². The van der Waals surface area contributed by atoms with E-state index in [4.69, 9.17) is 11.5 Å². The second-order valence-corrected chi connectivity index (χ2v) is 2.95. The molecule has 3 nitrogen and oxygen atoms in total. The Kier molecular flexibility index (Phi) is 2.55. The van der Waals surface area contributed by atoms with E-state index in [9.17, 15) is 0 Å². The molecule has 0 saturated heterocycles. The molecule has 1 unspecified atom stereocenters. The number of hydrogen-bond donors (Lipinski definition) is 2. The van der Waals surface area contributed by atoms with Crippen molar-refractivity contribution in [2.24, 2.45) is 5.73 Å². The van der Waals surface area contributed by atoms with E-state index in [0.29, 0.717) is 5.82 Å². The number of fused-ring (bicyclic) bond motifs is 1. The Balaban J connectivity index is 0.000000720. The van der Waals surface area contributed by atoms with Crippen LogP contribution in [-0.2, 0) is 6.42 Å². The third-order valence-electron chi connectivity index (χ3n) is 2.17. The number of rotatable bonds is 0. The first-order valence-corrected chi connectivity index (χ1v) is 3.77. The van der Waals surface area contributed by atoms with Crippen LogP contribution in [0.5, 0.6) is 0 Å². The van der Waals surface area contributed by atoms with Crippen LogP contribution >= 0.6 is 12.4 Å². The number of aromatic nitrogens is 1. The molecule has 1 atom stereocenters. The molecule has 1 aromatic rings. The first-order valence-electron chi connectivity index (χ1n) is 3.77. The summed E-state index contributed by atoms with van der Waals surface area (Å²) in [5, 5.41) is 0. The van der Waals surface area contributed by atoms with E-state index in [-0.39, 0.29) is 18.4 Å². The second kappa shape index (κ2) is 3.29. The van der Waals surface area contributed by atoms with Gasteiger partial charge in [0.15, 0.2) is 0 Å². The molecule has 0 spiro atoms. The SMILES string of the molecule is Cl.Nc1cc2c(cn1)CCC2N. The summed E-state index contributed by atoms with van der Waals surface area (Å²) in [6, 6.07) is 2.06. The Morgan fingerprint density at radius 2 is 2.25 bits per heavy atom. The zero-order valence-electron chi connectivity index (χ0n) is 6.66. The minimum Gasteiger partial charge on any atom is -0.384 e. The first kappa shape index (κ1) is 9.29. The number of nitrogens with zero attached hydrogens (tertiary/aromatic N) is 1. The van der Waals surface area contributed by atoms with Crippen LogP contribution < -0.4 is 11.5 Å². The van der Waals surface area contributed by atoms with Gasteiger partial charge in [0.05, 0.1) is 0 Å². The van der Waals surface area contributed by atoms with Gasteiger partial charge in [-0.1, -0.05) is 0 Å². The summed E-state index contributed by atoms with van der Waals surface area (Å²) in [5.74, 6) is 0.570. The van der Waals surface area contributed by atoms with Crippen molar-refractivity contribution in [2.75, 3.05) is 5.73 Å². The van der Waals surface area contributed by atoms with Crippen molar-refractivity contribution < 1.29 is 0 Å². The molecule has 0 saturated carbocycles. The molecule has 0 aliphatic heterocycles. The van der Waals surface area contributed by atoms with E-state index in [0.717, 1.165) is 12.8 Å². The molecule has 4 heteroatoms. The number of aryl methyl sites for hydroxylation is 1. The van der Waals surface area contributed by atoms with E-state index in [1.807, 2.05) is 12.3 Å². The Morgan fingerprint density at radius 1 is 1.50 bits per heavy atom. The van der Waals surface area contributed by atoms with Gasteiger partial charge in [-0.25, -0.2) is 4.98 Å². The van der Waals surface area contributed by atoms with Crippen molar-refractivity contribution in [3.63, 3.8) is 0 Å². The quantitative estimate of drug-likeness (QED) is 0.635. The maximum absolute atomic E-state index is 5.83. The molecule has 4 N–H and O–H groups in total. The lowest BCUT2D eigenvalue weighted by Gasteiger charge is -2.03. The summed E-state index contributed by atoms with van der Waals surface area (Å²) in [5.41, 5.74) is 13.8. The topological polar surface area (TPSA) is 64.9 Å². The van der Waals surface area contributed by atoms with Gasteiger partial charge in [-0.05, 0) is 30.0 Å². The van der Waals surface area contributed by atoms with Crippen LogP contribution in [0.2, 0.25) is 0 Å². The summed E-state index contributed by atoms with van der Waals surface area (Å²) in [4.78, 5) is 4.01. The second-order valence-electron chi connectivity index (χ2n) is 2.95. The molecule has 0 radical (unpaired) electrons. The summed E-state index contributed by atoms with van der Waals surface area (Å²) in [6.45, 7) is 0. The maximum atomic E-state index is 5.83. The normalized spacial score (nSPS) is 19.9. The predicted molar refractivity (Wildman–Crippen MR) is 51.1 cm³/mol. The monoisotopic (exact) mass is 185 g/mol. The number of nitrogen functional groups attached to an aromatic ring is 1. The zero-order chi connectivity index (χ0) is 7.84. The minimum absolute atomic E-state index is 0. The van der Waals surface area contributed by atoms with Crippen molar-refractivity contribution in [3.8, 4) is 0 Å². The smallest absolute Gasteiger partial charge is 0.123 e. The molecule has 2 rings (SSSR count). The summed E-state index contributed by atoms with van der Waals surface area (Å²) >= 11 is 0. The van der Waals surface area contributed by atoms with Crippen LogP contribution in [-0.4, -0.2) is 4.98 Å². The number of hydrogen-bond acceptors (Lipinski definition) is 3. The van der Waals surface area contributed by atoms with E-state index in [1.165, 1.54) is 11.1 Å². The fourth-order valence-corrected chi connectivity index (χ4v) is 1.54. The molecule has 0 bridgehead atoms. The zero-order valence-corrected chi connectivity index (χ0v) is 7.47. The number of pyridine rings is 1. The lowest BCUT2D eigenvalue weighted by molar-refractivity contribution is 0.713. The van der Waals surface area contributed by atoms with Crippen molar-refractivity contribution in [2.45, 2.75) is 18.9 Å². The third kappa shape index (κ3) is 1.38. The molecule has 1 aliphatic rings. The highest BCUT2D eigenvalue weighted by molar-refractivity contribution is 5.85. The van der Waals surface area contributed by atoms with Crippen LogP contribution in [0.1, 0.15) is 23.6 Å². The highest BCUT2D eigenvalue weighted by Crippen LogP contribution is 2.29. The van der Waals surface area contributed by atoms with Crippen molar-refractivity contribution in [1.82, 2.24) is 4.98 Å².